The van der Waals surface area contributed by atoms with Crippen molar-refractivity contribution in [1.29, 1.82) is 0 Å². The van der Waals surface area contributed by atoms with Gasteiger partial charge in [-0.05, 0) is 12.8 Å². The second-order valence-electron chi connectivity index (χ2n) is 2.75. The molecule has 2 aliphatic rings. The Morgan fingerprint density at radius 2 is 1.30 bits per heavy atom. The summed E-state index contributed by atoms with van der Waals surface area (Å²) in [5, 5.41) is 0. The maximum Gasteiger partial charge on any atom is 0.134 e. The molecule has 56 valence electrons. The van der Waals surface area contributed by atoms with Gasteiger partial charge in [-0.15, -0.1) is 0 Å². The minimum Gasteiger partial charge on any atom is -0.494 e. The first-order valence-electron chi connectivity index (χ1n) is 3.94. The van der Waals surface area contributed by atoms with Crippen LogP contribution >= 0.6 is 0 Å². The molecule has 0 aromatic heterocycles. The van der Waals surface area contributed by atoms with E-state index in [1.807, 2.05) is 0 Å². The Labute approximate surface area is 60.8 Å². The van der Waals surface area contributed by atoms with E-state index in [4.69, 9.17) is 9.47 Å². The van der Waals surface area contributed by atoms with Crippen molar-refractivity contribution in [3.8, 4) is 0 Å². The van der Waals surface area contributed by atoms with Crippen LogP contribution in [0.5, 0.6) is 0 Å². The summed E-state index contributed by atoms with van der Waals surface area (Å²) in [6.45, 7) is 1.78. The van der Waals surface area contributed by atoms with Crippen LogP contribution in [0.1, 0.15) is 25.7 Å². The normalized spacial score (nSPS) is 24.8. The summed E-state index contributed by atoms with van der Waals surface area (Å²) < 4.78 is 10.9. The SMILES string of the molecule is C1COC2=C(C1)OCCC2. The summed E-state index contributed by atoms with van der Waals surface area (Å²) in [6.07, 6.45) is 4.43. The van der Waals surface area contributed by atoms with E-state index in [1.54, 1.807) is 0 Å². The zero-order valence-corrected chi connectivity index (χ0v) is 6.06. The van der Waals surface area contributed by atoms with E-state index >= 15 is 0 Å². The Morgan fingerprint density at radius 1 is 0.800 bits per heavy atom. The topological polar surface area (TPSA) is 18.5 Å². The average Bonchev–Trinajstić information content (AvgIpc) is 2.05. The lowest BCUT2D eigenvalue weighted by Gasteiger charge is -2.25. The van der Waals surface area contributed by atoms with Crippen LogP contribution in [-0.4, -0.2) is 13.2 Å². The second kappa shape index (κ2) is 2.52. The van der Waals surface area contributed by atoms with Crippen LogP contribution < -0.4 is 0 Å². The van der Waals surface area contributed by atoms with E-state index in [-0.39, 0.29) is 0 Å². The van der Waals surface area contributed by atoms with E-state index in [0.29, 0.717) is 0 Å². The molecule has 0 atom stereocenters. The van der Waals surface area contributed by atoms with E-state index in [1.165, 1.54) is 0 Å². The van der Waals surface area contributed by atoms with Crippen molar-refractivity contribution in [2.45, 2.75) is 25.7 Å². The summed E-state index contributed by atoms with van der Waals surface area (Å²) >= 11 is 0. The van der Waals surface area contributed by atoms with Crippen LogP contribution in [0.2, 0.25) is 0 Å². The minimum atomic E-state index is 0.891. The summed E-state index contributed by atoms with van der Waals surface area (Å²) in [5.74, 6) is 2.25. The third-order valence-corrected chi connectivity index (χ3v) is 1.96. The third-order valence-electron chi connectivity index (χ3n) is 1.96. The lowest BCUT2D eigenvalue weighted by molar-refractivity contribution is 0.0827. The van der Waals surface area contributed by atoms with E-state index < -0.39 is 0 Å². The van der Waals surface area contributed by atoms with E-state index in [9.17, 15) is 0 Å². The number of ether oxygens (including phenoxy) is 2. The number of hydrogen-bond acceptors (Lipinski definition) is 2. The van der Waals surface area contributed by atoms with Crippen LogP contribution in [0.15, 0.2) is 11.5 Å². The smallest absolute Gasteiger partial charge is 0.134 e. The first kappa shape index (κ1) is 6.08. The lowest BCUT2D eigenvalue weighted by atomic mass is 10.1. The Hall–Kier alpha value is -0.660. The molecule has 0 aromatic carbocycles. The molecule has 0 bridgehead atoms. The van der Waals surface area contributed by atoms with Crippen LogP contribution in [-0.2, 0) is 9.47 Å². The molecule has 2 heterocycles. The molecule has 0 saturated heterocycles. The molecule has 0 radical (unpaired) electrons. The molecule has 0 fully saturated rings. The third kappa shape index (κ3) is 0.981. The minimum absolute atomic E-state index is 0.891. The molecule has 0 amide bonds. The van der Waals surface area contributed by atoms with Crippen LogP contribution in [0, 0.1) is 0 Å². The molecule has 0 unspecified atom stereocenters. The van der Waals surface area contributed by atoms with Crippen molar-refractivity contribution < 1.29 is 9.47 Å². The van der Waals surface area contributed by atoms with E-state index in [2.05, 4.69) is 0 Å². The van der Waals surface area contributed by atoms with Gasteiger partial charge in [0.25, 0.3) is 0 Å². The van der Waals surface area contributed by atoms with Gasteiger partial charge in [-0.3, -0.25) is 0 Å². The van der Waals surface area contributed by atoms with E-state index in [0.717, 1.165) is 50.4 Å². The van der Waals surface area contributed by atoms with Crippen LogP contribution in [0.25, 0.3) is 0 Å². The summed E-state index contributed by atoms with van der Waals surface area (Å²) in [6, 6.07) is 0. The maximum atomic E-state index is 5.44. The quantitative estimate of drug-likeness (QED) is 0.511. The molecule has 0 saturated carbocycles. The fraction of sp³-hybridized carbons (Fsp3) is 0.750. The summed E-state index contributed by atoms with van der Waals surface area (Å²) in [4.78, 5) is 0. The first-order chi connectivity index (χ1) is 4.97. The van der Waals surface area contributed by atoms with Gasteiger partial charge in [-0.2, -0.15) is 0 Å². The number of hydrogen-bond donors (Lipinski definition) is 0. The highest BCUT2D eigenvalue weighted by molar-refractivity contribution is 5.06. The molecule has 10 heavy (non-hydrogen) atoms. The van der Waals surface area contributed by atoms with Gasteiger partial charge >= 0.3 is 0 Å². The highest BCUT2D eigenvalue weighted by atomic mass is 16.5. The molecular weight excluding hydrogens is 128 g/mol. The van der Waals surface area contributed by atoms with Gasteiger partial charge in [0.2, 0.25) is 0 Å². The summed E-state index contributed by atoms with van der Waals surface area (Å²) in [5.41, 5.74) is 0. The molecule has 0 aromatic rings. The Bertz CT molecular complexity index is 127. The fourth-order valence-corrected chi connectivity index (χ4v) is 1.44. The van der Waals surface area contributed by atoms with Gasteiger partial charge in [0.15, 0.2) is 0 Å². The molecule has 2 rings (SSSR count). The molecule has 0 spiro atoms. The standard InChI is InChI=1S/C8H12O2/c1-3-7-8(9-5-1)4-2-6-10-7/h1-6H2. The zero-order valence-electron chi connectivity index (χ0n) is 6.06. The fourth-order valence-electron chi connectivity index (χ4n) is 1.44. The maximum absolute atomic E-state index is 5.44. The monoisotopic (exact) mass is 140 g/mol. The molecule has 2 nitrogen and oxygen atoms in total. The predicted molar refractivity (Wildman–Crippen MR) is 37.4 cm³/mol. The Kier molecular flexibility index (Phi) is 1.53. The van der Waals surface area contributed by atoms with Crippen molar-refractivity contribution in [3.63, 3.8) is 0 Å². The molecule has 0 N–H and O–H groups in total. The van der Waals surface area contributed by atoms with Crippen LogP contribution in [0.4, 0.5) is 0 Å². The largest absolute Gasteiger partial charge is 0.494 e. The molecule has 2 aliphatic heterocycles. The molecule has 2 heteroatoms. The van der Waals surface area contributed by atoms with Gasteiger partial charge in [-0.25, -0.2) is 0 Å². The Balaban J connectivity index is 2.14. The van der Waals surface area contributed by atoms with Gasteiger partial charge in [0.05, 0.1) is 13.2 Å². The molecule has 0 aliphatic carbocycles. The average molecular weight is 140 g/mol. The highest BCUT2D eigenvalue weighted by Gasteiger charge is 2.18. The van der Waals surface area contributed by atoms with Crippen molar-refractivity contribution in [3.05, 3.63) is 11.5 Å². The summed E-state index contributed by atoms with van der Waals surface area (Å²) in [7, 11) is 0. The van der Waals surface area contributed by atoms with Gasteiger partial charge in [0, 0.05) is 12.8 Å². The zero-order chi connectivity index (χ0) is 6.81. The second-order valence-corrected chi connectivity index (χ2v) is 2.75. The lowest BCUT2D eigenvalue weighted by Crippen LogP contribution is -2.14. The Morgan fingerprint density at radius 3 is 1.80 bits per heavy atom. The molecular formula is C8H12O2. The van der Waals surface area contributed by atoms with Gasteiger partial charge in [-0.1, -0.05) is 0 Å². The van der Waals surface area contributed by atoms with Crippen molar-refractivity contribution in [2.24, 2.45) is 0 Å². The van der Waals surface area contributed by atoms with Crippen LogP contribution in [0.3, 0.4) is 0 Å². The first-order valence-corrected chi connectivity index (χ1v) is 3.94. The van der Waals surface area contributed by atoms with Gasteiger partial charge < -0.3 is 9.47 Å². The van der Waals surface area contributed by atoms with Crippen molar-refractivity contribution in [2.75, 3.05) is 13.2 Å². The van der Waals surface area contributed by atoms with Crippen molar-refractivity contribution >= 4 is 0 Å². The highest BCUT2D eigenvalue weighted by Crippen LogP contribution is 2.27. The number of allylic oxidation sites excluding steroid dienone is 2. The van der Waals surface area contributed by atoms with Gasteiger partial charge in [0.1, 0.15) is 11.5 Å². The number of rotatable bonds is 0. The van der Waals surface area contributed by atoms with Crippen molar-refractivity contribution in [1.82, 2.24) is 0 Å². The predicted octanol–water partition coefficient (Wildman–Crippen LogP) is 1.82.